The summed E-state index contributed by atoms with van der Waals surface area (Å²) in [7, 11) is 1.20. The number of methoxy groups -OCH3 is 1. The van der Waals surface area contributed by atoms with E-state index >= 15 is 0 Å². The molecule has 0 aromatic heterocycles. The molecule has 0 aromatic rings. The first kappa shape index (κ1) is 12.3. The number of allylic oxidation sites excluding steroid dienone is 1. The largest absolute Gasteiger partial charge is 0.457 e. The lowest BCUT2D eigenvalue weighted by atomic mass is 10.1. The van der Waals surface area contributed by atoms with Crippen molar-refractivity contribution in [2.45, 2.75) is 19.0 Å². The van der Waals surface area contributed by atoms with Gasteiger partial charge >= 0.3 is 12.1 Å². The maximum absolute atomic E-state index is 12.4. The number of rotatable bonds is 3. The van der Waals surface area contributed by atoms with E-state index in [1.54, 1.807) is 0 Å². The Bertz CT molecular complexity index is 194. The van der Waals surface area contributed by atoms with Crippen LogP contribution < -0.4 is 0 Å². The minimum absolute atomic E-state index is 0.266. The van der Waals surface area contributed by atoms with Crippen molar-refractivity contribution >= 4 is 0 Å². The van der Waals surface area contributed by atoms with Gasteiger partial charge < -0.3 is 4.74 Å². The molecule has 1 nitrogen and oxygen atoms in total. The van der Waals surface area contributed by atoms with Gasteiger partial charge in [-0.25, -0.2) is 0 Å². The lowest BCUT2D eigenvalue weighted by Crippen LogP contribution is -2.37. The molecule has 0 atom stereocenters. The van der Waals surface area contributed by atoms with Gasteiger partial charge in [-0.2, -0.15) is 22.0 Å². The molecule has 0 saturated heterocycles. The minimum Gasteiger partial charge on any atom is -0.381 e. The van der Waals surface area contributed by atoms with Crippen molar-refractivity contribution < 1.29 is 26.7 Å². The smallest absolute Gasteiger partial charge is 0.381 e. The summed E-state index contributed by atoms with van der Waals surface area (Å²) in [5.74, 6) is -4.77. The molecule has 0 aliphatic rings. The predicted octanol–water partition coefficient (Wildman–Crippen LogP) is 2.78. The summed E-state index contributed by atoms with van der Waals surface area (Å²) in [6.45, 7) is 0.448. The topological polar surface area (TPSA) is 9.23 Å². The average Bonchev–Trinajstić information content (AvgIpc) is 1.97. The Kier molecular flexibility index (Phi) is 3.84. The van der Waals surface area contributed by atoms with E-state index in [-0.39, 0.29) is 6.61 Å². The number of alkyl halides is 5. The molecule has 0 aliphatic carbocycles. The van der Waals surface area contributed by atoms with E-state index in [1.165, 1.54) is 7.11 Å². The summed E-state index contributed by atoms with van der Waals surface area (Å²) in [4.78, 5) is 0. The summed E-state index contributed by atoms with van der Waals surface area (Å²) in [5.41, 5.74) is -1.05. The fraction of sp³-hybridized carbons (Fsp3) is 0.714. The van der Waals surface area contributed by atoms with E-state index in [0.717, 1.165) is 0 Å². The Morgan fingerprint density at radius 1 is 1.23 bits per heavy atom. The van der Waals surface area contributed by atoms with Crippen LogP contribution in [-0.4, -0.2) is 25.8 Å². The van der Waals surface area contributed by atoms with Crippen molar-refractivity contribution in [3.05, 3.63) is 11.6 Å². The minimum atomic E-state index is -5.54. The molecule has 78 valence electrons. The highest BCUT2D eigenvalue weighted by molar-refractivity contribution is 5.12. The fourth-order valence-electron chi connectivity index (χ4n) is 0.560. The molecule has 0 radical (unpaired) electrons. The molecule has 0 saturated carbocycles. The third kappa shape index (κ3) is 2.95. The fourth-order valence-corrected chi connectivity index (χ4v) is 0.560. The molecule has 0 rings (SSSR count). The third-order valence-corrected chi connectivity index (χ3v) is 1.41. The van der Waals surface area contributed by atoms with Crippen LogP contribution in [0.1, 0.15) is 6.92 Å². The van der Waals surface area contributed by atoms with Crippen LogP contribution in [0.25, 0.3) is 0 Å². The maximum atomic E-state index is 12.4. The second-order valence-corrected chi connectivity index (χ2v) is 2.41. The summed E-state index contributed by atoms with van der Waals surface area (Å²) < 4.78 is 64.2. The first-order valence-corrected chi connectivity index (χ1v) is 3.34. The lowest BCUT2D eigenvalue weighted by molar-refractivity contribution is -0.264. The molecule has 0 unspecified atom stereocenters. The van der Waals surface area contributed by atoms with Gasteiger partial charge in [0.1, 0.15) is 0 Å². The average molecular weight is 204 g/mol. The van der Waals surface area contributed by atoms with Gasteiger partial charge in [0.25, 0.3) is 0 Å². The Hall–Kier alpha value is -0.650. The number of hydrogen-bond donors (Lipinski definition) is 0. The van der Waals surface area contributed by atoms with Crippen LogP contribution in [0.2, 0.25) is 0 Å². The van der Waals surface area contributed by atoms with E-state index in [9.17, 15) is 22.0 Å². The zero-order chi connectivity index (χ0) is 10.7. The van der Waals surface area contributed by atoms with Crippen molar-refractivity contribution in [1.29, 1.82) is 0 Å². The molecular weight excluding hydrogens is 195 g/mol. The second-order valence-electron chi connectivity index (χ2n) is 2.41. The van der Waals surface area contributed by atoms with Gasteiger partial charge in [-0.15, -0.1) is 0 Å². The van der Waals surface area contributed by atoms with Crippen LogP contribution in [0, 0.1) is 0 Å². The highest BCUT2D eigenvalue weighted by Crippen LogP contribution is 2.40. The highest BCUT2D eigenvalue weighted by Gasteiger charge is 2.58. The normalized spacial score (nSPS) is 14.8. The van der Waals surface area contributed by atoms with Gasteiger partial charge in [0, 0.05) is 12.7 Å². The molecule has 0 fully saturated rings. The standard InChI is InChI=1S/C7H9F5O/c1-5(3-4-13-2)6(8,9)7(10,11)12/h3H,4H2,1-2H3. The summed E-state index contributed by atoms with van der Waals surface area (Å²) in [6, 6.07) is 0. The molecule has 6 heteroatoms. The van der Waals surface area contributed by atoms with Crippen LogP contribution in [0.4, 0.5) is 22.0 Å². The SMILES string of the molecule is COCC=C(C)C(F)(F)C(F)(F)F. The van der Waals surface area contributed by atoms with Gasteiger partial charge in [0.15, 0.2) is 0 Å². The summed E-state index contributed by atoms with van der Waals surface area (Å²) in [6.07, 6.45) is -4.84. The van der Waals surface area contributed by atoms with Gasteiger partial charge in [-0.1, -0.05) is 6.08 Å². The highest BCUT2D eigenvalue weighted by atomic mass is 19.4. The van der Waals surface area contributed by atoms with E-state index in [1.807, 2.05) is 0 Å². The first-order valence-electron chi connectivity index (χ1n) is 3.34. The third-order valence-electron chi connectivity index (χ3n) is 1.41. The molecule has 0 bridgehead atoms. The van der Waals surface area contributed by atoms with Gasteiger partial charge in [-0.05, 0) is 6.92 Å². The number of ether oxygens (including phenoxy) is 1. The zero-order valence-corrected chi connectivity index (χ0v) is 7.08. The van der Waals surface area contributed by atoms with Gasteiger partial charge in [0.2, 0.25) is 0 Å². The molecule has 0 N–H and O–H groups in total. The van der Waals surface area contributed by atoms with Gasteiger partial charge in [-0.3, -0.25) is 0 Å². The van der Waals surface area contributed by atoms with Crippen molar-refractivity contribution in [3.63, 3.8) is 0 Å². The Balaban J connectivity index is 4.63. The van der Waals surface area contributed by atoms with Crippen LogP contribution in [0.3, 0.4) is 0 Å². The Morgan fingerprint density at radius 3 is 2.00 bits per heavy atom. The quantitative estimate of drug-likeness (QED) is 0.507. The van der Waals surface area contributed by atoms with Crippen molar-refractivity contribution in [2.75, 3.05) is 13.7 Å². The van der Waals surface area contributed by atoms with Crippen molar-refractivity contribution in [2.24, 2.45) is 0 Å². The summed E-state index contributed by atoms with van der Waals surface area (Å²) in [5, 5.41) is 0. The Morgan fingerprint density at radius 2 is 1.69 bits per heavy atom. The van der Waals surface area contributed by atoms with Crippen molar-refractivity contribution in [3.8, 4) is 0 Å². The van der Waals surface area contributed by atoms with Crippen LogP contribution in [0.15, 0.2) is 11.6 Å². The number of halogens is 5. The molecule has 0 heterocycles. The van der Waals surface area contributed by atoms with E-state index in [4.69, 9.17) is 0 Å². The van der Waals surface area contributed by atoms with Crippen LogP contribution in [-0.2, 0) is 4.74 Å². The maximum Gasteiger partial charge on any atom is 0.457 e. The lowest BCUT2D eigenvalue weighted by Gasteiger charge is -2.20. The number of hydrogen-bond acceptors (Lipinski definition) is 1. The van der Waals surface area contributed by atoms with Crippen LogP contribution >= 0.6 is 0 Å². The van der Waals surface area contributed by atoms with Crippen molar-refractivity contribution in [1.82, 2.24) is 0 Å². The molecule has 0 spiro atoms. The molecular formula is C7H9F5O. The van der Waals surface area contributed by atoms with Crippen LogP contribution in [0.5, 0.6) is 0 Å². The second kappa shape index (κ2) is 4.04. The zero-order valence-electron chi connectivity index (χ0n) is 7.08. The predicted molar refractivity (Wildman–Crippen MR) is 36.6 cm³/mol. The molecule has 0 amide bonds. The van der Waals surface area contributed by atoms with E-state index in [2.05, 4.69) is 4.74 Å². The first-order chi connectivity index (χ1) is 5.73. The molecule has 0 aromatic carbocycles. The van der Waals surface area contributed by atoms with Gasteiger partial charge in [0.05, 0.1) is 6.61 Å². The van der Waals surface area contributed by atoms with E-state index in [0.29, 0.717) is 13.0 Å². The summed E-state index contributed by atoms with van der Waals surface area (Å²) >= 11 is 0. The molecule has 13 heavy (non-hydrogen) atoms. The Labute approximate surface area is 72.2 Å². The molecule has 0 aliphatic heterocycles. The monoisotopic (exact) mass is 204 g/mol. The van der Waals surface area contributed by atoms with E-state index < -0.39 is 17.7 Å².